The van der Waals surface area contributed by atoms with E-state index in [0.717, 1.165) is 10.4 Å². The third-order valence-electron chi connectivity index (χ3n) is 4.23. The van der Waals surface area contributed by atoms with E-state index in [0.29, 0.717) is 17.0 Å². The van der Waals surface area contributed by atoms with Gasteiger partial charge in [0.2, 0.25) is 0 Å². The van der Waals surface area contributed by atoms with Gasteiger partial charge >= 0.3 is 11.9 Å². The molecular weight excluding hydrogens is 380 g/mol. The fourth-order valence-electron chi connectivity index (χ4n) is 3.52. The number of ether oxygens (including phenoxy) is 2. The Bertz CT molecular complexity index is 808. The van der Waals surface area contributed by atoms with E-state index < -0.39 is 24.5 Å². The van der Waals surface area contributed by atoms with Gasteiger partial charge in [0, 0.05) is 22.0 Å². The lowest BCUT2D eigenvalue weighted by Gasteiger charge is -2.42. The number of rotatable bonds is 6. The predicted octanol–water partition coefficient (Wildman–Crippen LogP) is 3.14. The minimum atomic E-state index is -0.596. The molecule has 0 aromatic carbocycles. The van der Waals surface area contributed by atoms with Crippen molar-refractivity contribution in [1.82, 2.24) is 5.32 Å². The number of carbonyl (C=O) groups is 3. The van der Waals surface area contributed by atoms with E-state index in [1.54, 1.807) is 13.8 Å². The number of nitrogens with one attached hydrogen (secondary N) is 2. The molecule has 2 heterocycles. The monoisotopic (exact) mass is 408 g/mol. The van der Waals surface area contributed by atoms with Crippen molar-refractivity contribution >= 4 is 34.2 Å². The van der Waals surface area contributed by atoms with Gasteiger partial charge in [-0.25, -0.2) is 9.59 Å². The van der Waals surface area contributed by atoms with Crippen LogP contribution in [0.1, 0.15) is 62.3 Å². The molecule has 8 heteroatoms. The molecule has 2 N–H and O–H groups in total. The van der Waals surface area contributed by atoms with Gasteiger partial charge < -0.3 is 20.1 Å². The van der Waals surface area contributed by atoms with Gasteiger partial charge in [-0.3, -0.25) is 4.79 Å². The van der Waals surface area contributed by atoms with Crippen LogP contribution >= 0.6 is 11.3 Å². The first-order valence-electron chi connectivity index (χ1n) is 9.22. The van der Waals surface area contributed by atoms with E-state index in [1.165, 1.54) is 23.5 Å². The highest BCUT2D eigenvalue weighted by Gasteiger charge is 2.42. The van der Waals surface area contributed by atoms with E-state index in [-0.39, 0.29) is 17.7 Å². The van der Waals surface area contributed by atoms with Crippen molar-refractivity contribution in [3.63, 3.8) is 0 Å². The first-order chi connectivity index (χ1) is 13.0. The van der Waals surface area contributed by atoms with Crippen LogP contribution in [0.4, 0.5) is 5.00 Å². The molecule has 0 aliphatic carbocycles. The van der Waals surface area contributed by atoms with Crippen molar-refractivity contribution in [2.75, 3.05) is 18.5 Å². The van der Waals surface area contributed by atoms with E-state index >= 15 is 0 Å². The van der Waals surface area contributed by atoms with Gasteiger partial charge in [-0.05, 0) is 53.5 Å². The number of amides is 1. The van der Waals surface area contributed by atoms with Crippen LogP contribution in [-0.2, 0) is 31.0 Å². The molecule has 1 aromatic heterocycles. The SMILES string of the molecule is C/C=C/C(=O)OCC(=O)Nc1sc2c(c1C(=O)OCC)CC(C)(C)NC2(C)C. The van der Waals surface area contributed by atoms with Crippen LogP contribution in [0.15, 0.2) is 12.2 Å². The molecule has 0 bridgehead atoms. The molecule has 1 amide bonds. The molecule has 0 atom stereocenters. The van der Waals surface area contributed by atoms with Crippen molar-refractivity contribution in [2.24, 2.45) is 0 Å². The number of fused-ring (bicyclic) bond motifs is 1. The zero-order valence-corrected chi connectivity index (χ0v) is 18.0. The lowest BCUT2D eigenvalue weighted by atomic mass is 9.81. The van der Waals surface area contributed by atoms with Gasteiger partial charge in [-0.2, -0.15) is 0 Å². The summed E-state index contributed by atoms with van der Waals surface area (Å²) in [5.74, 6) is -1.57. The molecule has 0 fully saturated rings. The Hall–Kier alpha value is -2.19. The third kappa shape index (κ3) is 4.99. The molecule has 28 heavy (non-hydrogen) atoms. The van der Waals surface area contributed by atoms with Gasteiger partial charge in [0.05, 0.1) is 12.2 Å². The first kappa shape index (κ1) is 22.1. The summed E-state index contributed by atoms with van der Waals surface area (Å²) in [5, 5.41) is 6.71. The summed E-state index contributed by atoms with van der Waals surface area (Å²) in [5.41, 5.74) is 0.683. The van der Waals surface area contributed by atoms with Crippen LogP contribution in [0, 0.1) is 0 Å². The van der Waals surface area contributed by atoms with E-state index in [2.05, 4.69) is 24.5 Å². The summed E-state index contributed by atoms with van der Waals surface area (Å²) in [6.45, 7) is 11.5. The summed E-state index contributed by atoms with van der Waals surface area (Å²) >= 11 is 1.35. The minimum Gasteiger partial charge on any atom is -0.462 e. The molecule has 154 valence electrons. The fourth-order valence-corrected chi connectivity index (χ4v) is 4.80. The molecule has 0 unspecified atom stereocenters. The van der Waals surface area contributed by atoms with Crippen LogP contribution in [0.2, 0.25) is 0 Å². The maximum absolute atomic E-state index is 12.7. The van der Waals surface area contributed by atoms with Gasteiger partial charge in [-0.15, -0.1) is 11.3 Å². The van der Waals surface area contributed by atoms with Crippen molar-refractivity contribution in [2.45, 2.75) is 59.0 Å². The second kappa shape index (κ2) is 8.45. The normalized spacial score (nSPS) is 17.1. The Labute approximate surface area is 169 Å². The average Bonchev–Trinajstić information content (AvgIpc) is 2.90. The third-order valence-corrected chi connectivity index (χ3v) is 5.70. The molecule has 0 spiro atoms. The van der Waals surface area contributed by atoms with E-state index in [9.17, 15) is 14.4 Å². The first-order valence-corrected chi connectivity index (χ1v) is 10.0. The highest BCUT2D eigenvalue weighted by molar-refractivity contribution is 7.17. The van der Waals surface area contributed by atoms with Crippen molar-refractivity contribution < 1.29 is 23.9 Å². The lowest BCUT2D eigenvalue weighted by molar-refractivity contribution is -0.142. The predicted molar refractivity (Wildman–Crippen MR) is 109 cm³/mol. The molecular formula is C20H28N2O5S. The number of esters is 2. The van der Waals surface area contributed by atoms with Crippen molar-refractivity contribution in [1.29, 1.82) is 0 Å². The summed E-state index contributed by atoms with van der Waals surface area (Å²) in [6, 6.07) is 0. The number of carbonyl (C=O) groups excluding carboxylic acids is 3. The van der Waals surface area contributed by atoms with Crippen molar-refractivity contribution in [3.05, 3.63) is 28.2 Å². The highest BCUT2D eigenvalue weighted by Crippen LogP contribution is 2.45. The Morgan fingerprint density at radius 3 is 2.50 bits per heavy atom. The Morgan fingerprint density at radius 1 is 1.21 bits per heavy atom. The smallest absolute Gasteiger partial charge is 0.341 e. The number of allylic oxidation sites excluding steroid dienone is 1. The van der Waals surface area contributed by atoms with Crippen LogP contribution < -0.4 is 10.6 Å². The summed E-state index contributed by atoms with van der Waals surface area (Å²) in [6.07, 6.45) is 3.39. The number of hydrogen-bond donors (Lipinski definition) is 2. The second-order valence-electron chi connectivity index (χ2n) is 7.80. The number of hydrogen-bond acceptors (Lipinski definition) is 7. The maximum atomic E-state index is 12.7. The van der Waals surface area contributed by atoms with Crippen molar-refractivity contribution in [3.8, 4) is 0 Å². The van der Waals surface area contributed by atoms with E-state index in [1.807, 2.05) is 13.8 Å². The van der Waals surface area contributed by atoms with Gasteiger partial charge in [-0.1, -0.05) is 6.08 Å². The Kier molecular flexibility index (Phi) is 6.67. The molecule has 0 saturated carbocycles. The van der Waals surface area contributed by atoms with Gasteiger partial charge in [0.1, 0.15) is 5.00 Å². The molecule has 2 rings (SSSR count). The average molecular weight is 409 g/mol. The van der Waals surface area contributed by atoms with Gasteiger partial charge in [0.15, 0.2) is 6.61 Å². The Morgan fingerprint density at radius 2 is 1.89 bits per heavy atom. The largest absolute Gasteiger partial charge is 0.462 e. The molecule has 1 aliphatic rings. The number of thiophene rings is 1. The minimum absolute atomic E-state index is 0.220. The lowest BCUT2D eigenvalue weighted by Crippen LogP contribution is -2.55. The van der Waals surface area contributed by atoms with Crippen LogP contribution in [-0.4, -0.2) is 36.6 Å². The number of anilines is 1. The molecule has 1 aliphatic heterocycles. The molecule has 0 saturated heterocycles. The second-order valence-corrected chi connectivity index (χ2v) is 8.82. The summed E-state index contributed by atoms with van der Waals surface area (Å²) < 4.78 is 10.1. The standard InChI is InChI=1S/C20H28N2O5S/c1-7-9-14(24)27-11-13(23)21-17-15(18(25)26-8-2)12-10-19(3,4)22-20(5,6)16(12)28-17/h7,9,22H,8,10-11H2,1-6H3,(H,21,23)/b9-7+. The van der Waals surface area contributed by atoms with Crippen LogP contribution in [0.3, 0.4) is 0 Å². The highest BCUT2D eigenvalue weighted by atomic mass is 32.1. The molecule has 0 radical (unpaired) electrons. The van der Waals surface area contributed by atoms with E-state index in [4.69, 9.17) is 9.47 Å². The molecule has 7 nitrogen and oxygen atoms in total. The summed E-state index contributed by atoms with van der Waals surface area (Å²) in [7, 11) is 0. The molecule has 1 aromatic rings. The fraction of sp³-hybridized carbons (Fsp3) is 0.550. The topological polar surface area (TPSA) is 93.7 Å². The van der Waals surface area contributed by atoms with Gasteiger partial charge in [0.25, 0.3) is 5.91 Å². The van der Waals surface area contributed by atoms with Crippen LogP contribution in [0.5, 0.6) is 0 Å². The zero-order valence-electron chi connectivity index (χ0n) is 17.2. The zero-order chi connectivity index (χ0) is 21.1. The van der Waals surface area contributed by atoms with Crippen LogP contribution in [0.25, 0.3) is 0 Å². The Balaban J connectivity index is 2.36. The maximum Gasteiger partial charge on any atom is 0.341 e. The summed E-state index contributed by atoms with van der Waals surface area (Å²) in [4.78, 5) is 37.3. The quantitative estimate of drug-likeness (QED) is 0.555.